The second kappa shape index (κ2) is 5.66. The summed E-state index contributed by atoms with van der Waals surface area (Å²) >= 11 is 1.30. The number of ether oxygens (including phenoxy) is 1. The van der Waals surface area contributed by atoms with Crippen molar-refractivity contribution in [2.24, 2.45) is 0 Å². The predicted molar refractivity (Wildman–Crippen MR) is 78.4 cm³/mol. The number of nitrogens with one attached hydrogen (secondary N) is 1. The molecule has 0 aliphatic carbocycles. The minimum absolute atomic E-state index is 0.0588. The number of methoxy groups -OCH3 is 1. The van der Waals surface area contributed by atoms with Crippen LogP contribution < -0.4 is 5.32 Å². The Labute approximate surface area is 122 Å². The van der Waals surface area contributed by atoms with Crippen LogP contribution in [0, 0.1) is 20.8 Å². The van der Waals surface area contributed by atoms with Crippen LogP contribution in [-0.4, -0.2) is 18.1 Å². The Bertz CT molecular complexity index is 630. The lowest BCUT2D eigenvalue weighted by molar-refractivity contribution is 0.0605. The first-order chi connectivity index (χ1) is 9.42. The molecule has 0 saturated heterocycles. The van der Waals surface area contributed by atoms with Crippen LogP contribution in [0.5, 0.6) is 0 Å². The van der Waals surface area contributed by atoms with Crippen molar-refractivity contribution in [2.75, 3.05) is 12.4 Å². The summed E-state index contributed by atoms with van der Waals surface area (Å²) in [6.07, 6.45) is 0. The Morgan fingerprint density at radius 2 is 2.15 bits per heavy atom. The SMILES string of the molecule is COC(=O)c1sc(NC(C)c2cc(C)oc2C)nc1C. The van der Waals surface area contributed by atoms with Gasteiger partial charge in [-0.1, -0.05) is 11.3 Å². The van der Waals surface area contributed by atoms with Crippen LogP contribution in [0.1, 0.15) is 45.4 Å². The molecule has 0 bridgehead atoms. The first kappa shape index (κ1) is 14.6. The van der Waals surface area contributed by atoms with Gasteiger partial charge >= 0.3 is 5.97 Å². The fourth-order valence-electron chi connectivity index (χ4n) is 2.08. The maximum absolute atomic E-state index is 11.6. The monoisotopic (exact) mass is 294 g/mol. The molecule has 0 aromatic carbocycles. The number of furan rings is 1. The molecule has 0 fully saturated rings. The van der Waals surface area contributed by atoms with E-state index in [0.717, 1.165) is 17.1 Å². The summed E-state index contributed by atoms with van der Waals surface area (Å²) in [6, 6.07) is 2.07. The molecule has 2 aromatic heterocycles. The largest absolute Gasteiger partial charge is 0.466 e. The van der Waals surface area contributed by atoms with Gasteiger partial charge in [0.2, 0.25) is 0 Å². The molecule has 0 spiro atoms. The first-order valence-electron chi connectivity index (χ1n) is 6.31. The molecule has 0 radical (unpaired) electrons. The summed E-state index contributed by atoms with van der Waals surface area (Å²) in [5.41, 5.74) is 1.77. The third-order valence-corrected chi connectivity index (χ3v) is 4.12. The zero-order chi connectivity index (χ0) is 14.9. The lowest BCUT2D eigenvalue weighted by Gasteiger charge is -2.11. The number of carbonyl (C=O) groups excluding carboxylic acids is 1. The molecule has 1 N–H and O–H groups in total. The quantitative estimate of drug-likeness (QED) is 0.872. The van der Waals surface area contributed by atoms with Gasteiger partial charge in [0.25, 0.3) is 0 Å². The summed E-state index contributed by atoms with van der Waals surface area (Å²) in [4.78, 5) is 16.5. The van der Waals surface area contributed by atoms with E-state index in [9.17, 15) is 4.79 Å². The second-order valence-corrected chi connectivity index (χ2v) is 5.66. The van der Waals surface area contributed by atoms with E-state index >= 15 is 0 Å². The highest BCUT2D eigenvalue weighted by molar-refractivity contribution is 7.17. The third-order valence-electron chi connectivity index (χ3n) is 3.05. The number of rotatable bonds is 4. The van der Waals surface area contributed by atoms with Crippen LogP contribution in [0.2, 0.25) is 0 Å². The molecule has 6 heteroatoms. The molecule has 2 heterocycles. The van der Waals surface area contributed by atoms with Crippen molar-refractivity contribution in [3.05, 3.63) is 33.7 Å². The topological polar surface area (TPSA) is 64.4 Å². The van der Waals surface area contributed by atoms with Crippen LogP contribution in [0.4, 0.5) is 5.13 Å². The lowest BCUT2D eigenvalue weighted by Crippen LogP contribution is -2.06. The van der Waals surface area contributed by atoms with E-state index in [1.807, 2.05) is 26.8 Å². The van der Waals surface area contributed by atoms with Gasteiger partial charge in [0.15, 0.2) is 5.13 Å². The highest BCUT2D eigenvalue weighted by Gasteiger charge is 2.18. The molecule has 0 saturated carbocycles. The molecule has 108 valence electrons. The van der Waals surface area contributed by atoms with Gasteiger partial charge in [0.1, 0.15) is 16.4 Å². The number of thiazole rings is 1. The molecular formula is C14H18N2O3S. The Hall–Kier alpha value is -1.82. The number of carbonyl (C=O) groups is 1. The smallest absolute Gasteiger partial charge is 0.350 e. The number of aromatic nitrogens is 1. The average Bonchev–Trinajstić information content (AvgIpc) is 2.91. The van der Waals surface area contributed by atoms with Gasteiger partial charge < -0.3 is 14.5 Å². The minimum Gasteiger partial charge on any atom is -0.466 e. The molecule has 20 heavy (non-hydrogen) atoms. The standard InChI is InChI=1S/C14H18N2O3S/c1-7-6-11(10(4)19-7)8(2)15-14-16-9(3)12(20-14)13(17)18-5/h6,8H,1-5H3,(H,15,16). The zero-order valence-corrected chi connectivity index (χ0v) is 13.1. The molecule has 2 aromatic rings. The molecule has 1 unspecified atom stereocenters. The van der Waals surface area contributed by atoms with Crippen LogP contribution in [-0.2, 0) is 4.74 Å². The fraction of sp³-hybridized carbons (Fsp3) is 0.429. The van der Waals surface area contributed by atoms with Gasteiger partial charge in [-0.25, -0.2) is 9.78 Å². The molecule has 0 aliphatic rings. The van der Waals surface area contributed by atoms with E-state index < -0.39 is 0 Å². The molecule has 0 aliphatic heterocycles. The third kappa shape index (κ3) is 2.85. The summed E-state index contributed by atoms with van der Waals surface area (Å²) in [6.45, 7) is 7.69. The van der Waals surface area contributed by atoms with Gasteiger partial charge in [-0.3, -0.25) is 0 Å². The van der Waals surface area contributed by atoms with Crippen molar-refractivity contribution in [1.29, 1.82) is 0 Å². The van der Waals surface area contributed by atoms with Gasteiger partial charge in [0, 0.05) is 5.56 Å². The Morgan fingerprint density at radius 3 is 2.70 bits per heavy atom. The normalized spacial score (nSPS) is 12.2. The van der Waals surface area contributed by atoms with Gasteiger partial charge in [-0.05, 0) is 33.8 Å². The van der Waals surface area contributed by atoms with Gasteiger partial charge in [0.05, 0.1) is 18.8 Å². The second-order valence-electron chi connectivity index (χ2n) is 4.66. The van der Waals surface area contributed by atoms with Crippen molar-refractivity contribution < 1.29 is 13.9 Å². The maximum atomic E-state index is 11.6. The van der Waals surface area contributed by atoms with Crippen molar-refractivity contribution in [1.82, 2.24) is 4.98 Å². The van der Waals surface area contributed by atoms with Crippen LogP contribution in [0.15, 0.2) is 10.5 Å². The van der Waals surface area contributed by atoms with Crippen molar-refractivity contribution in [3.63, 3.8) is 0 Å². The summed E-state index contributed by atoms with van der Waals surface area (Å²) in [5.74, 6) is 1.43. The van der Waals surface area contributed by atoms with E-state index in [1.54, 1.807) is 6.92 Å². The number of anilines is 1. The maximum Gasteiger partial charge on any atom is 0.350 e. The van der Waals surface area contributed by atoms with E-state index in [1.165, 1.54) is 18.4 Å². The van der Waals surface area contributed by atoms with Crippen molar-refractivity contribution >= 4 is 22.4 Å². The zero-order valence-electron chi connectivity index (χ0n) is 12.2. The molecule has 5 nitrogen and oxygen atoms in total. The first-order valence-corrected chi connectivity index (χ1v) is 7.13. The molecular weight excluding hydrogens is 276 g/mol. The van der Waals surface area contributed by atoms with E-state index in [2.05, 4.69) is 10.3 Å². The minimum atomic E-state index is -0.351. The van der Waals surface area contributed by atoms with E-state index in [0.29, 0.717) is 15.7 Å². The highest BCUT2D eigenvalue weighted by Crippen LogP contribution is 2.29. The molecule has 2 rings (SSSR count). The number of esters is 1. The Morgan fingerprint density at radius 1 is 1.45 bits per heavy atom. The molecule has 0 amide bonds. The Kier molecular flexibility index (Phi) is 4.13. The average molecular weight is 294 g/mol. The van der Waals surface area contributed by atoms with Crippen molar-refractivity contribution in [2.45, 2.75) is 33.7 Å². The summed E-state index contributed by atoms with van der Waals surface area (Å²) in [7, 11) is 1.37. The van der Waals surface area contributed by atoms with E-state index in [-0.39, 0.29) is 12.0 Å². The van der Waals surface area contributed by atoms with Gasteiger partial charge in [-0.2, -0.15) is 0 Å². The van der Waals surface area contributed by atoms with Crippen LogP contribution >= 0.6 is 11.3 Å². The van der Waals surface area contributed by atoms with E-state index in [4.69, 9.17) is 9.15 Å². The van der Waals surface area contributed by atoms with Crippen molar-refractivity contribution in [3.8, 4) is 0 Å². The van der Waals surface area contributed by atoms with Gasteiger partial charge in [-0.15, -0.1) is 0 Å². The number of aryl methyl sites for hydroxylation is 3. The Balaban J connectivity index is 2.18. The molecule has 1 atom stereocenters. The van der Waals surface area contributed by atoms with Crippen LogP contribution in [0.25, 0.3) is 0 Å². The summed E-state index contributed by atoms with van der Waals surface area (Å²) in [5, 5.41) is 3.99. The van der Waals surface area contributed by atoms with Crippen LogP contribution in [0.3, 0.4) is 0 Å². The number of hydrogen-bond donors (Lipinski definition) is 1. The lowest BCUT2D eigenvalue weighted by atomic mass is 10.1. The summed E-state index contributed by atoms with van der Waals surface area (Å²) < 4.78 is 10.3. The predicted octanol–water partition coefficient (Wildman–Crippen LogP) is 3.62. The number of hydrogen-bond acceptors (Lipinski definition) is 6. The highest BCUT2D eigenvalue weighted by atomic mass is 32.1. The number of nitrogens with zero attached hydrogens (tertiary/aromatic N) is 1. The fourth-order valence-corrected chi connectivity index (χ4v) is 3.06.